The topological polar surface area (TPSA) is 24.5 Å². The van der Waals surface area contributed by atoms with Gasteiger partial charge in [0.15, 0.2) is 0 Å². The van der Waals surface area contributed by atoms with Crippen molar-refractivity contribution in [1.29, 1.82) is 0 Å². The summed E-state index contributed by atoms with van der Waals surface area (Å²) in [5.41, 5.74) is 1.33. The van der Waals surface area contributed by atoms with Crippen LogP contribution in [0, 0.1) is 0 Å². The van der Waals surface area contributed by atoms with E-state index in [0.717, 1.165) is 18.8 Å². The lowest BCUT2D eigenvalue weighted by Crippen LogP contribution is -2.40. The molecule has 1 saturated heterocycles. The summed E-state index contributed by atoms with van der Waals surface area (Å²) in [7, 11) is 4.21. The van der Waals surface area contributed by atoms with Crippen molar-refractivity contribution in [2.24, 2.45) is 0 Å². The van der Waals surface area contributed by atoms with E-state index in [4.69, 9.17) is 4.74 Å². The first kappa shape index (κ1) is 15.3. The average Bonchev–Trinajstić information content (AvgIpc) is 2.49. The lowest BCUT2D eigenvalue weighted by Gasteiger charge is -2.32. The molecule has 1 aliphatic rings. The zero-order chi connectivity index (χ0) is 14.4. The van der Waals surface area contributed by atoms with Crippen molar-refractivity contribution in [3.63, 3.8) is 0 Å². The van der Waals surface area contributed by atoms with Crippen LogP contribution in [0.2, 0.25) is 0 Å². The Bertz CT molecular complexity index is 386. The van der Waals surface area contributed by atoms with Gasteiger partial charge in [-0.3, -0.25) is 0 Å². The smallest absolute Gasteiger partial charge is 0.119 e. The summed E-state index contributed by atoms with van der Waals surface area (Å²) in [5, 5.41) is 3.33. The predicted octanol–water partition coefficient (Wildman–Crippen LogP) is 3.22. The van der Waals surface area contributed by atoms with Crippen LogP contribution in [0.3, 0.4) is 0 Å². The third-order valence-electron chi connectivity index (χ3n) is 4.40. The van der Waals surface area contributed by atoms with Crippen molar-refractivity contribution < 1.29 is 4.74 Å². The molecule has 0 radical (unpaired) electrons. The zero-order valence-electron chi connectivity index (χ0n) is 13.1. The van der Waals surface area contributed by atoms with Gasteiger partial charge in [-0.25, -0.2) is 0 Å². The number of hydrogen-bond acceptors (Lipinski definition) is 3. The second kappa shape index (κ2) is 7.65. The van der Waals surface area contributed by atoms with Gasteiger partial charge >= 0.3 is 0 Å². The monoisotopic (exact) mass is 276 g/mol. The molecule has 1 N–H and O–H groups in total. The first-order chi connectivity index (χ1) is 9.74. The van der Waals surface area contributed by atoms with Crippen LogP contribution in [0.1, 0.15) is 44.2 Å². The van der Waals surface area contributed by atoms with E-state index in [-0.39, 0.29) is 0 Å². The first-order valence-corrected chi connectivity index (χ1v) is 7.85. The largest absolute Gasteiger partial charge is 0.492 e. The van der Waals surface area contributed by atoms with E-state index in [2.05, 4.69) is 48.5 Å². The van der Waals surface area contributed by atoms with Crippen molar-refractivity contribution in [3.8, 4) is 5.75 Å². The van der Waals surface area contributed by atoms with Crippen molar-refractivity contribution in [3.05, 3.63) is 29.8 Å². The van der Waals surface area contributed by atoms with E-state index >= 15 is 0 Å². The highest BCUT2D eigenvalue weighted by Crippen LogP contribution is 2.21. The van der Waals surface area contributed by atoms with E-state index < -0.39 is 0 Å². The summed E-state index contributed by atoms with van der Waals surface area (Å²) in [5.74, 6) is 0.985. The van der Waals surface area contributed by atoms with Gasteiger partial charge in [0.1, 0.15) is 12.4 Å². The Labute approximate surface area is 123 Å². The maximum atomic E-state index is 5.96. The standard InChI is InChI=1S/C17H28N2O/c1-4-17(18-2)14-8-10-16(11-9-14)20-13-15-7-5-6-12-19(15)3/h8-11,15,17-18H,4-7,12-13H2,1-3H3. The molecule has 0 saturated carbocycles. The minimum absolute atomic E-state index is 0.438. The van der Waals surface area contributed by atoms with Crippen molar-refractivity contribution >= 4 is 0 Å². The molecule has 0 amide bonds. The van der Waals surface area contributed by atoms with E-state index in [0.29, 0.717) is 12.1 Å². The highest BCUT2D eigenvalue weighted by Gasteiger charge is 2.19. The molecule has 0 aliphatic carbocycles. The minimum Gasteiger partial charge on any atom is -0.492 e. The maximum absolute atomic E-state index is 5.96. The fourth-order valence-electron chi connectivity index (χ4n) is 2.95. The Morgan fingerprint density at radius 2 is 2.05 bits per heavy atom. The van der Waals surface area contributed by atoms with Gasteiger partial charge in [0, 0.05) is 12.1 Å². The lowest BCUT2D eigenvalue weighted by molar-refractivity contribution is 0.125. The van der Waals surface area contributed by atoms with Gasteiger partial charge in [0.25, 0.3) is 0 Å². The molecule has 3 heteroatoms. The Balaban J connectivity index is 1.87. The Morgan fingerprint density at radius 1 is 1.30 bits per heavy atom. The number of likely N-dealkylation sites (tertiary alicyclic amines) is 1. The molecular formula is C17H28N2O. The number of piperidine rings is 1. The fraction of sp³-hybridized carbons (Fsp3) is 0.647. The summed E-state index contributed by atoms with van der Waals surface area (Å²) in [6.45, 7) is 4.21. The average molecular weight is 276 g/mol. The van der Waals surface area contributed by atoms with Crippen LogP contribution >= 0.6 is 0 Å². The Hall–Kier alpha value is -1.06. The third-order valence-corrected chi connectivity index (χ3v) is 4.40. The SMILES string of the molecule is CCC(NC)c1ccc(OCC2CCCCN2C)cc1. The van der Waals surface area contributed by atoms with Crippen LogP contribution in [0.4, 0.5) is 0 Å². The van der Waals surface area contributed by atoms with Crippen molar-refractivity contribution in [2.75, 3.05) is 27.2 Å². The van der Waals surface area contributed by atoms with Crippen LogP contribution in [0.25, 0.3) is 0 Å². The molecule has 0 spiro atoms. The van der Waals surface area contributed by atoms with Gasteiger partial charge in [-0.2, -0.15) is 0 Å². The summed E-state index contributed by atoms with van der Waals surface area (Å²) in [6, 6.07) is 9.54. The van der Waals surface area contributed by atoms with Gasteiger partial charge < -0.3 is 15.0 Å². The molecule has 1 aromatic carbocycles. The molecule has 1 aliphatic heterocycles. The van der Waals surface area contributed by atoms with Crippen LogP contribution < -0.4 is 10.1 Å². The summed E-state index contributed by atoms with van der Waals surface area (Å²) in [4.78, 5) is 2.42. The van der Waals surface area contributed by atoms with Gasteiger partial charge in [-0.05, 0) is 57.6 Å². The van der Waals surface area contributed by atoms with E-state index in [9.17, 15) is 0 Å². The number of benzene rings is 1. The Morgan fingerprint density at radius 3 is 2.65 bits per heavy atom. The van der Waals surface area contributed by atoms with E-state index in [1.807, 2.05) is 7.05 Å². The van der Waals surface area contributed by atoms with Crippen molar-refractivity contribution in [1.82, 2.24) is 10.2 Å². The molecule has 3 nitrogen and oxygen atoms in total. The first-order valence-electron chi connectivity index (χ1n) is 7.85. The molecule has 1 heterocycles. The van der Waals surface area contributed by atoms with Crippen LogP contribution in [0.15, 0.2) is 24.3 Å². The molecule has 2 atom stereocenters. The second-order valence-electron chi connectivity index (χ2n) is 5.76. The number of nitrogens with zero attached hydrogens (tertiary/aromatic N) is 1. The Kier molecular flexibility index (Phi) is 5.86. The maximum Gasteiger partial charge on any atom is 0.119 e. The molecule has 0 aromatic heterocycles. The minimum atomic E-state index is 0.438. The number of rotatable bonds is 6. The number of hydrogen-bond donors (Lipinski definition) is 1. The molecule has 20 heavy (non-hydrogen) atoms. The molecule has 1 aromatic rings. The highest BCUT2D eigenvalue weighted by molar-refractivity contribution is 5.29. The number of nitrogens with one attached hydrogen (secondary N) is 1. The molecule has 0 bridgehead atoms. The molecule has 112 valence electrons. The zero-order valence-corrected chi connectivity index (χ0v) is 13.1. The van der Waals surface area contributed by atoms with Crippen LogP contribution in [0.5, 0.6) is 5.75 Å². The van der Waals surface area contributed by atoms with Gasteiger partial charge in [0.05, 0.1) is 0 Å². The van der Waals surface area contributed by atoms with Crippen molar-refractivity contribution in [2.45, 2.75) is 44.7 Å². The number of ether oxygens (including phenoxy) is 1. The van der Waals surface area contributed by atoms with E-state index in [1.54, 1.807) is 0 Å². The van der Waals surface area contributed by atoms with Crippen LogP contribution in [-0.4, -0.2) is 38.2 Å². The summed E-state index contributed by atoms with van der Waals surface area (Å²) in [6.07, 6.45) is 5.01. The lowest BCUT2D eigenvalue weighted by atomic mass is 10.0. The third kappa shape index (κ3) is 3.97. The second-order valence-corrected chi connectivity index (χ2v) is 5.76. The normalized spacial score (nSPS) is 21.6. The molecule has 2 unspecified atom stereocenters. The highest BCUT2D eigenvalue weighted by atomic mass is 16.5. The van der Waals surface area contributed by atoms with Gasteiger partial charge in [-0.1, -0.05) is 25.5 Å². The predicted molar refractivity (Wildman–Crippen MR) is 84.3 cm³/mol. The fourth-order valence-corrected chi connectivity index (χ4v) is 2.95. The summed E-state index contributed by atoms with van der Waals surface area (Å²) < 4.78 is 5.96. The molecule has 2 rings (SSSR count). The summed E-state index contributed by atoms with van der Waals surface area (Å²) >= 11 is 0. The number of likely N-dealkylation sites (N-methyl/N-ethyl adjacent to an activating group) is 1. The van der Waals surface area contributed by atoms with Crippen LogP contribution in [-0.2, 0) is 0 Å². The van der Waals surface area contributed by atoms with E-state index in [1.165, 1.54) is 31.4 Å². The van der Waals surface area contributed by atoms with Gasteiger partial charge in [-0.15, -0.1) is 0 Å². The van der Waals surface area contributed by atoms with Gasteiger partial charge in [0.2, 0.25) is 0 Å². The quantitative estimate of drug-likeness (QED) is 0.863. The molecule has 1 fully saturated rings. The molecular weight excluding hydrogens is 248 g/mol.